The van der Waals surface area contributed by atoms with E-state index in [0.29, 0.717) is 30.0 Å². The maximum Gasteiger partial charge on any atom is 0.283 e. The van der Waals surface area contributed by atoms with E-state index in [9.17, 15) is 4.79 Å². The third-order valence-electron chi connectivity index (χ3n) is 5.81. The number of aliphatic imine (C=N–C) groups is 1. The standard InChI is InChI=1S/C27H30N4O3S/c1-5-20(6-2)26-30-31-24(28)23(25(32)29-27(31)35-26)16-19-7-9-21(10-8-19)33-11-12-34-22-14-17(3)13-18(4)15-22/h7-10,13-16,20,28H,5-6,11-12H2,1-4H3/b23-16+,28-24?. The Hall–Kier alpha value is -3.39. The lowest BCUT2D eigenvalue weighted by Gasteiger charge is -2.20. The third kappa shape index (κ3) is 5.82. The van der Waals surface area contributed by atoms with Gasteiger partial charge in [-0.15, -0.1) is 0 Å². The summed E-state index contributed by atoms with van der Waals surface area (Å²) in [5.41, 5.74) is 3.34. The quantitative estimate of drug-likeness (QED) is 0.354. The van der Waals surface area contributed by atoms with Gasteiger partial charge in [-0.05, 0) is 85.5 Å². The number of amidine groups is 2. The Labute approximate surface area is 210 Å². The van der Waals surface area contributed by atoms with Crippen molar-refractivity contribution in [2.75, 3.05) is 13.2 Å². The van der Waals surface area contributed by atoms with Crippen molar-refractivity contribution >= 4 is 39.8 Å². The molecule has 182 valence electrons. The van der Waals surface area contributed by atoms with Gasteiger partial charge in [0.2, 0.25) is 5.17 Å². The molecule has 1 amide bonds. The molecule has 0 radical (unpaired) electrons. The van der Waals surface area contributed by atoms with E-state index in [4.69, 9.17) is 14.9 Å². The highest BCUT2D eigenvalue weighted by Crippen LogP contribution is 2.33. The van der Waals surface area contributed by atoms with Crippen LogP contribution in [0.4, 0.5) is 0 Å². The van der Waals surface area contributed by atoms with Gasteiger partial charge in [-0.2, -0.15) is 15.1 Å². The van der Waals surface area contributed by atoms with Crippen LogP contribution in [-0.2, 0) is 4.79 Å². The molecule has 2 heterocycles. The van der Waals surface area contributed by atoms with Crippen molar-refractivity contribution in [3.63, 3.8) is 0 Å². The summed E-state index contributed by atoms with van der Waals surface area (Å²) in [5, 5.41) is 16.0. The summed E-state index contributed by atoms with van der Waals surface area (Å²) in [6.45, 7) is 9.17. The van der Waals surface area contributed by atoms with Gasteiger partial charge in [-0.25, -0.2) is 0 Å². The van der Waals surface area contributed by atoms with E-state index in [-0.39, 0.29) is 11.4 Å². The van der Waals surface area contributed by atoms with Crippen molar-refractivity contribution in [3.8, 4) is 11.5 Å². The highest BCUT2D eigenvalue weighted by atomic mass is 32.2. The van der Waals surface area contributed by atoms with E-state index < -0.39 is 5.91 Å². The number of amides is 1. The Balaban J connectivity index is 1.37. The van der Waals surface area contributed by atoms with Crippen LogP contribution in [0.25, 0.3) is 6.08 Å². The van der Waals surface area contributed by atoms with Crippen LogP contribution >= 0.6 is 11.8 Å². The number of benzene rings is 2. The average Bonchev–Trinajstić information content (AvgIpc) is 3.24. The summed E-state index contributed by atoms with van der Waals surface area (Å²) < 4.78 is 11.6. The molecule has 0 aliphatic carbocycles. The lowest BCUT2D eigenvalue weighted by molar-refractivity contribution is -0.114. The van der Waals surface area contributed by atoms with Crippen LogP contribution in [0.1, 0.15) is 43.4 Å². The zero-order chi connectivity index (χ0) is 24.9. The van der Waals surface area contributed by atoms with Gasteiger partial charge in [-0.1, -0.05) is 32.0 Å². The maximum atomic E-state index is 12.6. The molecule has 8 heteroatoms. The number of nitrogens with zero attached hydrogens (tertiary/aromatic N) is 3. The number of fused-ring (bicyclic) bond motifs is 1. The van der Waals surface area contributed by atoms with Crippen LogP contribution in [-0.4, -0.2) is 40.2 Å². The molecule has 0 spiro atoms. The number of nitrogens with one attached hydrogen (secondary N) is 1. The van der Waals surface area contributed by atoms with Crippen molar-refractivity contribution in [1.29, 1.82) is 5.41 Å². The van der Waals surface area contributed by atoms with Crippen LogP contribution in [0, 0.1) is 25.2 Å². The first-order valence-corrected chi connectivity index (χ1v) is 12.6. The second-order valence-electron chi connectivity index (χ2n) is 8.56. The summed E-state index contributed by atoms with van der Waals surface area (Å²) in [6, 6.07) is 13.5. The van der Waals surface area contributed by atoms with E-state index in [1.165, 1.54) is 27.9 Å². The van der Waals surface area contributed by atoms with Gasteiger partial charge in [0, 0.05) is 5.92 Å². The summed E-state index contributed by atoms with van der Waals surface area (Å²) in [5.74, 6) is 1.49. The van der Waals surface area contributed by atoms with E-state index in [0.717, 1.165) is 29.2 Å². The highest BCUT2D eigenvalue weighted by molar-refractivity contribution is 8.27. The first-order chi connectivity index (χ1) is 16.9. The molecule has 0 saturated carbocycles. The van der Waals surface area contributed by atoms with Crippen LogP contribution in [0.3, 0.4) is 0 Å². The molecule has 2 aromatic rings. The number of aryl methyl sites for hydroxylation is 2. The van der Waals surface area contributed by atoms with Crippen LogP contribution in [0.15, 0.2) is 58.1 Å². The van der Waals surface area contributed by atoms with Gasteiger partial charge >= 0.3 is 0 Å². The van der Waals surface area contributed by atoms with Crippen LogP contribution in [0.5, 0.6) is 11.5 Å². The number of carbonyl (C=O) groups is 1. The molecule has 2 aromatic carbocycles. The average molecular weight is 491 g/mol. The molecule has 1 N–H and O–H groups in total. The molecule has 35 heavy (non-hydrogen) atoms. The van der Waals surface area contributed by atoms with Crippen LogP contribution < -0.4 is 9.47 Å². The molecule has 0 atom stereocenters. The second kappa shape index (κ2) is 10.9. The monoisotopic (exact) mass is 490 g/mol. The largest absolute Gasteiger partial charge is 0.490 e. The first kappa shape index (κ1) is 24.7. The number of carbonyl (C=O) groups excluding carboxylic acids is 1. The molecule has 2 aliphatic rings. The molecular weight excluding hydrogens is 460 g/mol. The number of hydrogen-bond donors (Lipinski definition) is 1. The van der Waals surface area contributed by atoms with Gasteiger partial charge < -0.3 is 9.47 Å². The minimum Gasteiger partial charge on any atom is -0.490 e. The summed E-state index contributed by atoms with van der Waals surface area (Å²) in [4.78, 5) is 16.8. The predicted molar refractivity (Wildman–Crippen MR) is 142 cm³/mol. The number of hydrogen-bond acceptors (Lipinski definition) is 6. The molecule has 0 saturated heterocycles. The normalized spacial score (nSPS) is 16.5. The molecule has 7 nitrogen and oxygen atoms in total. The molecule has 2 aliphatic heterocycles. The minimum absolute atomic E-state index is 0.0531. The second-order valence-corrected chi connectivity index (χ2v) is 9.55. The van der Waals surface area contributed by atoms with Crippen molar-refractivity contribution in [2.45, 2.75) is 40.5 Å². The Morgan fingerprint density at radius 2 is 1.63 bits per heavy atom. The number of hydrazone groups is 1. The number of rotatable bonds is 9. The van der Waals surface area contributed by atoms with Gasteiger partial charge in [0.25, 0.3) is 5.91 Å². The SMILES string of the molecule is CCC(CC)C1=NN2C(=N)/C(=C\c3ccc(OCCOc4cc(C)cc(C)c4)cc3)C(=O)N=C2S1. The zero-order valence-electron chi connectivity index (χ0n) is 20.5. The Kier molecular flexibility index (Phi) is 7.70. The number of ether oxygens (including phenoxy) is 2. The maximum absolute atomic E-state index is 12.6. The van der Waals surface area contributed by atoms with Crippen molar-refractivity contribution in [2.24, 2.45) is 16.0 Å². The molecule has 4 rings (SSSR count). The van der Waals surface area contributed by atoms with Crippen molar-refractivity contribution in [1.82, 2.24) is 5.01 Å². The molecule has 0 bridgehead atoms. The van der Waals surface area contributed by atoms with Crippen LogP contribution in [0.2, 0.25) is 0 Å². The highest BCUT2D eigenvalue weighted by Gasteiger charge is 2.37. The first-order valence-electron chi connectivity index (χ1n) is 11.8. The lowest BCUT2D eigenvalue weighted by Crippen LogP contribution is -2.35. The molecule has 0 fully saturated rings. The molecular formula is C27H30N4O3S. The summed E-state index contributed by atoms with van der Waals surface area (Å²) in [7, 11) is 0. The van der Waals surface area contributed by atoms with E-state index in [2.05, 4.69) is 30.0 Å². The fraction of sp³-hybridized carbons (Fsp3) is 0.333. The van der Waals surface area contributed by atoms with E-state index in [1.54, 1.807) is 6.08 Å². The molecule has 0 unspecified atom stereocenters. The summed E-state index contributed by atoms with van der Waals surface area (Å²) in [6.07, 6.45) is 3.59. The summed E-state index contributed by atoms with van der Waals surface area (Å²) >= 11 is 1.39. The third-order valence-corrected chi connectivity index (χ3v) is 6.88. The Morgan fingerprint density at radius 3 is 2.26 bits per heavy atom. The van der Waals surface area contributed by atoms with Crippen molar-refractivity contribution < 1.29 is 14.3 Å². The smallest absolute Gasteiger partial charge is 0.283 e. The fourth-order valence-electron chi connectivity index (χ4n) is 3.97. The minimum atomic E-state index is -0.418. The zero-order valence-corrected chi connectivity index (χ0v) is 21.3. The van der Waals surface area contributed by atoms with Gasteiger partial charge in [0.15, 0.2) is 5.84 Å². The van der Waals surface area contributed by atoms with E-state index in [1.807, 2.05) is 50.2 Å². The Morgan fingerprint density at radius 1 is 1.00 bits per heavy atom. The van der Waals surface area contributed by atoms with E-state index >= 15 is 0 Å². The molecule has 0 aromatic heterocycles. The number of thioether (sulfide) groups is 1. The predicted octanol–water partition coefficient (Wildman–Crippen LogP) is 5.82. The van der Waals surface area contributed by atoms with Gasteiger partial charge in [0.05, 0.1) is 5.57 Å². The fourth-order valence-corrected chi connectivity index (χ4v) is 5.13. The van der Waals surface area contributed by atoms with Gasteiger partial charge in [0.1, 0.15) is 29.8 Å². The topological polar surface area (TPSA) is 87.3 Å². The Bertz CT molecular complexity index is 1190. The van der Waals surface area contributed by atoms with Crippen molar-refractivity contribution in [3.05, 3.63) is 64.7 Å². The lowest BCUT2D eigenvalue weighted by atomic mass is 10.1. The van der Waals surface area contributed by atoms with Gasteiger partial charge in [-0.3, -0.25) is 10.2 Å².